The van der Waals surface area contributed by atoms with Crippen LogP contribution in [-0.2, 0) is 6.42 Å². The highest BCUT2D eigenvalue weighted by molar-refractivity contribution is 5.26. The summed E-state index contributed by atoms with van der Waals surface area (Å²) in [5.74, 6) is 0.0905. The molecule has 0 amide bonds. The van der Waals surface area contributed by atoms with Gasteiger partial charge in [-0.05, 0) is 11.6 Å². The third-order valence-corrected chi connectivity index (χ3v) is 1.11. The molecule has 0 aliphatic rings. The van der Waals surface area contributed by atoms with Crippen molar-refractivity contribution in [3.8, 4) is 11.8 Å². The predicted octanol–water partition coefficient (Wildman–Crippen LogP) is 1.26. The highest BCUT2D eigenvalue weighted by atomic mass is 16.3. The molecule has 49 valence electrons. The van der Waals surface area contributed by atoms with Crippen LogP contribution >= 0.6 is 0 Å². The minimum atomic E-state index is 0.0905. The Morgan fingerprint density at radius 2 is 2.40 bits per heavy atom. The van der Waals surface area contributed by atoms with Crippen molar-refractivity contribution < 1.29 is 5.11 Å². The Balaban J connectivity index is 2.87. The summed E-state index contributed by atoms with van der Waals surface area (Å²) >= 11 is 0. The molecule has 2 heteroatoms. The lowest BCUT2D eigenvalue weighted by Crippen LogP contribution is -1.79. The molecule has 1 N–H and O–H groups in total. The van der Waals surface area contributed by atoms with E-state index in [9.17, 15) is 0 Å². The second kappa shape index (κ2) is 2.88. The normalized spacial score (nSPS) is 8.70. The molecule has 0 spiro atoms. The maximum absolute atomic E-state index is 8.87. The van der Waals surface area contributed by atoms with Crippen molar-refractivity contribution in [1.82, 2.24) is 0 Å². The topological polar surface area (TPSA) is 44.0 Å². The summed E-state index contributed by atoms with van der Waals surface area (Å²) in [6, 6.07) is 9.58. The summed E-state index contributed by atoms with van der Waals surface area (Å²) in [6.45, 7) is 0. The van der Waals surface area contributed by atoms with Crippen LogP contribution in [0, 0.1) is 17.4 Å². The maximum Gasteiger partial charge on any atom is 0.123 e. The number of hydrogen-bond donors (Lipinski definition) is 1. The zero-order chi connectivity index (χ0) is 7.40. The van der Waals surface area contributed by atoms with E-state index in [1.54, 1.807) is 12.1 Å². The van der Waals surface area contributed by atoms with Crippen molar-refractivity contribution in [2.75, 3.05) is 0 Å². The molecule has 0 aromatic heterocycles. The summed E-state index contributed by atoms with van der Waals surface area (Å²) in [6.07, 6.45) is 0.300. The minimum Gasteiger partial charge on any atom is -0.507 e. The van der Waals surface area contributed by atoms with E-state index in [2.05, 4.69) is 6.07 Å². The zero-order valence-corrected chi connectivity index (χ0v) is 5.33. The van der Waals surface area contributed by atoms with Gasteiger partial charge in [-0.1, -0.05) is 12.1 Å². The molecule has 0 atom stereocenters. The van der Waals surface area contributed by atoms with Crippen LogP contribution in [0.2, 0.25) is 0 Å². The largest absolute Gasteiger partial charge is 0.507 e. The third-order valence-electron chi connectivity index (χ3n) is 1.11. The number of nitrogens with zero attached hydrogens (tertiary/aromatic N) is 1. The highest BCUT2D eigenvalue weighted by Crippen LogP contribution is 2.09. The third kappa shape index (κ3) is 1.49. The molecule has 2 nitrogen and oxygen atoms in total. The first kappa shape index (κ1) is 6.63. The van der Waals surface area contributed by atoms with Gasteiger partial charge in [-0.15, -0.1) is 0 Å². The molecular weight excluding hydrogens is 126 g/mol. The lowest BCUT2D eigenvalue weighted by Gasteiger charge is -1.92. The Kier molecular flexibility index (Phi) is 1.91. The van der Waals surface area contributed by atoms with Gasteiger partial charge in [0.25, 0.3) is 0 Å². The van der Waals surface area contributed by atoms with E-state index in [0.29, 0.717) is 6.42 Å². The molecule has 0 bridgehead atoms. The number of aromatic hydroxyl groups is 1. The van der Waals surface area contributed by atoms with Gasteiger partial charge in [0.05, 0.1) is 12.5 Å². The molecular formula is C8H6NO. The Morgan fingerprint density at radius 3 is 3.00 bits per heavy atom. The second-order valence-electron chi connectivity index (χ2n) is 1.90. The minimum absolute atomic E-state index is 0.0905. The Labute approximate surface area is 59.3 Å². The van der Waals surface area contributed by atoms with Crippen molar-refractivity contribution in [2.45, 2.75) is 6.42 Å². The summed E-state index contributed by atoms with van der Waals surface area (Å²) in [5.41, 5.74) is 0.725. The van der Waals surface area contributed by atoms with Crippen LogP contribution in [0.1, 0.15) is 5.56 Å². The number of nitriles is 1. The van der Waals surface area contributed by atoms with Gasteiger partial charge in [0.1, 0.15) is 5.75 Å². The van der Waals surface area contributed by atoms with Crippen LogP contribution in [0.3, 0.4) is 0 Å². The van der Waals surface area contributed by atoms with E-state index < -0.39 is 0 Å². The fraction of sp³-hybridized carbons (Fsp3) is 0.125. The lowest BCUT2D eigenvalue weighted by molar-refractivity contribution is 0.473. The first-order valence-corrected chi connectivity index (χ1v) is 2.90. The number of phenols is 1. The van der Waals surface area contributed by atoms with Gasteiger partial charge in [0.2, 0.25) is 0 Å². The van der Waals surface area contributed by atoms with Gasteiger partial charge in [-0.3, -0.25) is 0 Å². The average Bonchev–Trinajstić information content (AvgIpc) is 1.88. The molecule has 0 fully saturated rings. The van der Waals surface area contributed by atoms with Gasteiger partial charge in [-0.25, -0.2) is 0 Å². The van der Waals surface area contributed by atoms with Gasteiger partial charge in [0.15, 0.2) is 0 Å². The number of phenolic OH excluding ortho intramolecular Hbond substituents is 1. The maximum atomic E-state index is 8.87. The molecule has 0 unspecified atom stereocenters. The predicted molar refractivity (Wildman–Crippen MR) is 36.3 cm³/mol. The summed E-state index contributed by atoms with van der Waals surface area (Å²) in [7, 11) is 0. The van der Waals surface area contributed by atoms with Crippen molar-refractivity contribution >= 4 is 0 Å². The first-order valence-electron chi connectivity index (χ1n) is 2.90. The van der Waals surface area contributed by atoms with E-state index in [-0.39, 0.29) is 5.75 Å². The molecule has 0 aliphatic carbocycles. The Morgan fingerprint density at radius 1 is 1.60 bits per heavy atom. The van der Waals surface area contributed by atoms with Crippen LogP contribution < -0.4 is 0 Å². The first-order chi connectivity index (χ1) is 4.83. The monoisotopic (exact) mass is 132 g/mol. The molecule has 0 aliphatic heterocycles. The number of benzene rings is 1. The summed E-state index contributed by atoms with van der Waals surface area (Å²) < 4.78 is 0. The van der Waals surface area contributed by atoms with Crippen molar-refractivity contribution in [2.24, 2.45) is 0 Å². The van der Waals surface area contributed by atoms with Crippen LogP contribution in [0.15, 0.2) is 18.2 Å². The van der Waals surface area contributed by atoms with E-state index in [4.69, 9.17) is 10.4 Å². The van der Waals surface area contributed by atoms with Crippen LogP contribution in [0.25, 0.3) is 0 Å². The lowest BCUT2D eigenvalue weighted by atomic mass is 10.2. The SMILES string of the molecule is N#CCc1[c]c(O)ccc1. The smallest absolute Gasteiger partial charge is 0.123 e. The van der Waals surface area contributed by atoms with Gasteiger partial charge >= 0.3 is 0 Å². The fourth-order valence-corrected chi connectivity index (χ4v) is 0.692. The molecule has 10 heavy (non-hydrogen) atoms. The fourth-order valence-electron chi connectivity index (χ4n) is 0.692. The van der Waals surface area contributed by atoms with E-state index in [1.165, 1.54) is 6.07 Å². The van der Waals surface area contributed by atoms with Crippen molar-refractivity contribution in [3.05, 3.63) is 29.8 Å². The van der Waals surface area contributed by atoms with Gasteiger partial charge in [0, 0.05) is 6.07 Å². The number of rotatable bonds is 1. The van der Waals surface area contributed by atoms with Crippen molar-refractivity contribution in [1.29, 1.82) is 5.26 Å². The van der Waals surface area contributed by atoms with Crippen LogP contribution in [-0.4, -0.2) is 5.11 Å². The van der Waals surface area contributed by atoms with E-state index >= 15 is 0 Å². The molecule has 1 radical (unpaired) electrons. The van der Waals surface area contributed by atoms with E-state index in [1.807, 2.05) is 6.07 Å². The van der Waals surface area contributed by atoms with Crippen molar-refractivity contribution in [3.63, 3.8) is 0 Å². The van der Waals surface area contributed by atoms with Crippen LogP contribution in [0.4, 0.5) is 0 Å². The zero-order valence-electron chi connectivity index (χ0n) is 5.33. The second-order valence-corrected chi connectivity index (χ2v) is 1.90. The molecule has 0 heterocycles. The number of hydrogen-bond acceptors (Lipinski definition) is 2. The molecule has 1 rings (SSSR count). The van der Waals surface area contributed by atoms with E-state index in [0.717, 1.165) is 5.56 Å². The summed E-state index contributed by atoms with van der Waals surface area (Å²) in [4.78, 5) is 0. The average molecular weight is 132 g/mol. The molecule has 1 aromatic carbocycles. The van der Waals surface area contributed by atoms with Gasteiger partial charge in [-0.2, -0.15) is 5.26 Å². The summed E-state index contributed by atoms with van der Waals surface area (Å²) in [5, 5.41) is 17.1. The van der Waals surface area contributed by atoms with Crippen LogP contribution in [0.5, 0.6) is 5.75 Å². The quantitative estimate of drug-likeness (QED) is 0.625. The Hall–Kier alpha value is -1.49. The van der Waals surface area contributed by atoms with Gasteiger partial charge < -0.3 is 5.11 Å². The standard InChI is InChI=1S/C8H6NO/c9-5-4-7-2-1-3-8(10)6-7/h1-3,10H,4H2. The Bertz CT molecular complexity index is 262. The highest BCUT2D eigenvalue weighted by Gasteiger charge is 1.91. The molecule has 0 saturated carbocycles. The molecule has 0 saturated heterocycles. The molecule has 1 aromatic rings.